The lowest BCUT2D eigenvalue weighted by atomic mass is 10.00. The van der Waals surface area contributed by atoms with Crippen molar-refractivity contribution >= 4 is 23.0 Å². The molecule has 0 amide bonds. The molecule has 1 N–H and O–H groups in total. The molecule has 1 fully saturated rings. The number of benzene rings is 1. The molecule has 0 bridgehead atoms. The molecule has 0 unspecified atom stereocenters. The first-order valence-electron chi connectivity index (χ1n) is 6.28. The highest BCUT2D eigenvalue weighted by atomic mass is 32.1. The van der Waals surface area contributed by atoms with Gasteiger partial charge in [0, 0.05) is 18.8 Å². The Bertz CT molecular complexity index is 395. The number of likely N-dealkylation sites (tertiary alicyclic amines) is 1. The average Bonchev–Trinajstić information content (AvgIpc) is 2.29. The molecule has 1 aliphatic rings. The van der Waals surface area contributed by atoms with Crippen LogP contribution in [0.15, 0.2) is 24.3 Å². The average molecular weight is 248 g/mol. The first-order valence-corrected chi connectivity index (χ1v) is 6.68. The number of hydrogen-bond acceptors (Lipinski definition) is 1. The number of piperidine rings is 1. The lowest BCUT2D eigenvalue weighted by Gasteiger charge is -2.32. The van der Waals surface area contributed by atoms with E-state index in [0.717, 1.165) is 29.8 Å². The van der Waals surface area contributed by atoms with Crippen molar-refractivity contribution in [1.82, 2.24) is 4.90 Å². The summed E-state index contributed by atoms with van der Waals surface area (Å²) in [5.74, 6) is 0.841. The summed E-state index contributed by atoms with van der Waals surface area (Å²) in [6.45, 7) is 6.57. The summed E-state index contributed by atoms with van der Waals surface area (Å²) in [5.41, 5.74) is 2.35. The number of hydrogen-bond donors (Lipinski definition) is 1. The molecule has 0 spiro atoms. The van der Waals surface area contributed by atoms with E-state index in [-0.39, 0.29) is 0 Å². The van der Waals surface area contributed by atoms with Crippen molar-refractivity contribution in [2.45, 2.75) is 26.7 Å². The Hall–Kier alpha value is -1.09. The Morgan fingerprint density at radius 1 is 1.35 bits per heavy atom. The van der Waals surface area contributed by atoms with E-state index in [1.54, 1.807) is 0 Å². The van der Waals surface area contributed by atoms with Gasteiger partial charge in [0.1, 0.15) is 0 Å². The van der Waals surface area contributed by atoms with E-state index in [2.05, 4.69) is 48.3 Å². The van der Waals surface area contributed by atoms with Gasteiger partial charge in [-0.1, -0.05) is 19.1 Å². The quantitative estimate of drug-likeness (QED) is 0.767. The molecule has 0 atom stereocenters. The lowest BCUT2D eigenvalue weighted by Crippen LogP contribution is -2.40. The van der Waals surface area contributed by atoms with E-state index in [1.165, 1.54) is 18.4 Å². The third kappa shape index (κ3) is 3.43. The molecular formula is C14H20N2S. The van der Waals surface area contributed by atoms with Gasteiger partial charge in [0.25, 0.3) is 0 Å². The molecule has 1 aromatic carbocycles. The van der Waals surface area contributed by atoms with Crippen molar-refractivity contribution in [3.63, 3.8) is 0 Å². The third-order valence-corrected chi connectivity index (χ3v) is 3.70. The molecule has 0 aromatic heterocycles. The fourth-order valence-electron chi connectivity index (χ4n) is 2.14. The summed E-state index contributed by atoms with van der Waals surface area (Å²) in [7, 11) is 0. The fourth-order valence-corrected chi connectivity index (χ4v) is 2.44. The van der Waals surface area contributed by atoms with Gasteiger partial charge in [-0.05, 0) is 55.6 Å². The second kappa shape index (κ2) is 5.50. The minimum Gasteiger partial charge on any atom is -0.349 e. The topological polar surface area (TPSA) is 15.3 Å². The van der Waals surface area contributed by atoms with Gasteiger partial charge in [0.2, 0.25) is 0 Å². The summed E-state index contributed by atoms with van der Waals surface area (Å²) in [6.07, 6.45) is 2.49. The number of aryl methyl sites for hydroxylation is 1. The van der Waals surface area contributed by atoms with Gasteiger partial charge in [-0.25, -0.2) is 0 Å². The van der Waals surface area contributed by atoms with Crippen LogP contribution in [0.5, 0.6) is 0 Å². The van der Waals surface area contributed by atoms with E-state index in [1.807, 2.05) is 0 Å². The SMILES string of the molecule is Cc1cccc(NC(=S)N2CCC(C)CC2)c1. The minimum atomic E-state index is 0.841. The van der Waals surface area contributed by atoms with Crippen molar-refractivity contribution in [2.24, 2.45) is 5.92 Å². The maximum Gasteiger partial charge on any atom is 0.173 e. The van der Waals surface area contributed by atoms with Crippen molar-refractivity contribution in [3.05, 3.63) is 29.8 Å². The highest BCUT2D eigenvalue weighted by molar-refractivity contribution is 7.80. The molecule has 3 heteroatoms. The molecule has 2 nitrogen and oxygen atoms in total. The van der Waals surface area contributed by atoms with Gasteiger partial charge in [-0.2, -0.15) is 0 Å². The molecular weight excluding hydrogens is 228 g/mol. The molecule has 92 valence electrons. The maximum atomic E-state index is 5.45. The summed E-state index contributed by atoms with van der Waals surface area (Å²) < 4.78 is 0. The number of thiocarbonyl (C=S) groups is 1. The predicted molar refractivity (Wildman–Crippen MR) is 77.4 cm³/mol. The minimum absolute atomic E-state index is 0.841. The predicted octanol–water partition coefficient (Wildman–Crippen LogP) is 3.42. The molecule has 17 heavy (non-hydrogen) atoms. The lowest BCUT2D eigenvalue weighted by molar-refractivity contribution is 0.283. The monoisotopic (exact) mass is 248 g/mol. The van der Waals surface area contributed by atoms with E-state index < -0.39 is 0 Å². The molecule has 1 heterocycles. The van der Waals surface area contributed by atoms with Crippen LogP contribution in [0, 0.1) is 12.8 Å². The van der Waals surface area contributed by atoms with Crippen molar-refractivity contribution in [3.8, 4) is 0 Å². The van der Waals surface area contributed by atoms with E-state index in [9.17, 15) is 0 Å². The molecule has 1 saturated heterocycles. The van der Waals surface area contributed by atoms with Gasteiger partial charge in [0.05, 0.1) is 0 Å². The third-order valence-electron chi connectivity index (χ3n) is 3.34. The first-order chi connectivity index (χ1) is 8.15. The molecule has 1 aliphatic heterocycles. The largest absolute Gasteiger partial charge is 0.349 e. The first kappa shape index (κ1) is 12.4. The van der Waals surface area contributed by atoms with Crippen LogP contribution in [0.25, 0.3) is 0 Å². The van der Waals surface area contributed by atoms with Crippen molar-refractivity contribution in [2.75, 3.05) is 18.4 Å². The van der Waals surface area contributed by atoms with Crippen molar-refractivity contribution in [1.29, 1.82) is 0 Å². The zero-order chi connectivity index (χ0) is 12.3. The standard InChI is InChI=1S/C14H20N2S/c1-11-6-8-16(9-7-11)14(17)15-13-5-3-4-12(2)10-13/h3-5,10-11H,6-9H2,1-2H3,(H,15,17). The molecule has 2 rings (SSSR count). The molecule has 1 aromatic rings. The van der Waals surface area contributed by atoms with Gasteiger partial charge in [-0.15, -0.1) is 0 Å². The summed E-state index contributed by atoms with van der Waals surface area (Å²) >= 11 is 5.45. The van der Waals surface area contributed by atoms with Gasteiger partial charge < -0.3 is 10.2 Å². The number of rotatable bonds is 1. The summed E-state index contributed by atoms with van der Waals surface area (Å²) in [5, 5.41) is 4.19. The van der Waals surface area contributed by atoms with Crippen LogP contribution >= 0.6 is 12.2 Å². The Morgan fingerprint density at radius 3 is 2.71 bits per heavy atom. The normalized spacial score (nSPS) is 16.9. The Labute approximate surface area is 109 Å². The van der Waals surface area contributed by atoms with Crippen LogP contribution in [0.4, 0.5) is 5.69 Å². The van der Waals surface area contributed by atoms with E-state index >= 15 is 0 Å². The Kier molecular flexibility index (Phi) is 4.00. The maximum absolute atomic E-state index is 5.45. The number of anilines is 1. The van der Waals surface area contributed by atoms with Crippen LogP contribution in [0.3, 0.4) is 0 Å². The summed E-state index contributed by atoms with van der Waals surface area (Å²) in [6, 6.07) is 8.33. The summed E-state index contributed by atoms with van der Waals surface area (Å²) in [4.78, 5) is 2.28. The van der Waals surface area contributed by atoms with Gasteiger partial charge in [0.15, 0.2) is 5.11 Å². The molecule has 0 aliphatic carbocycles. The molecule has 0 saturated carbocycles. The van der Waals surface area contributed by atoms with Crippen LogP contribution < -0.4 is 5.32 Å². The van der Waals surface area contributed by atoms with Gasteiger partial charge in [-0.3, -0.25) is 0 Å². The van der Waals surface area contributed by atoms with Crippen molar-refractivity contribution < 1.29 is 0 Å². The molecule has 0 radical (unpaired) electrons. The zero-order valence-corrected chi connectivity index (χ0v) is 11.4. The van der Waals surface area contributed by atoms with Crippen LogP contribution in [0.2, 0.25) is 0 Å². The van der Waals surface area contributed by atoms with Crippen LogP contribution in [-0.2, 0) is 0 Å². The second-order valence-electron chi connectivity index (χ2n) is 4.97. The van der Waals surface area contributed by atoms with E-state index in [0.29, 0.717) is 0 Å². The zero-order valence-electron chi connectivity index (χ0n) is 10.6. The highest BCUT2D eigenvalue weighted by Gasteiger charge is 2.17. The Balaban J connectivity index is 1.93. The Morgan fingerprint density at radius 2 is 2.06 bits per heavy atom. The van der Waals surface area contributed by atoms with Gasteiger partial charge >= 0.3 is 0 Å². The number of nitrogens with one attached hydrogen (secondary N) is 1. The van der Waals surface area contributed by atoms with Crippen LogP contribution in [-0.4, -0.2) is 23.1 Å². The van der Waals surface area contributed by atoms with Crippen LogP contribution in [0.1, 0.15) is 25.3 Å². The smallest absolute Gasteiger partial charge is 0.173 e. The number of nitrogens with zero attached hydrogens (tertiary/aromatic N) is 1. The fraction of sp³-hybridized carbons (Fsp3) is 0.500. The highest BCUT2D eigenvalue weighted by Crippen LogP contribution is 2.17. The van der Waals surface area contributed by atoms with E-state index in [4.69, 9.17) is 12.2 Å². The second-order valence-corrected chi connectivity index (χ2v) is 5.36.